The van der Waals surface area contributed by atoms with Gasteiger partial charge >= 0.3 is 6.18 Å². The lowest BCUT2D eigenvalue weighted by molar-refractivity contribution is -0.140. The summed E-state index contributed by atoms with van der Waals surface area (Å²) in [5.74, 6) is 0.457. The number of ether oxygens (including phenoxy) is 2. The van der Waals surface area contributed by atoms with E-state index < -0.39 is 12.1 Å². The van der Waals surface area contributed by atoms with Crippen molar-refractivity contribution in [3.8, 4) is 45.3 Å². The number of alkyl halides is 3. The fourth-order valence-corrected chi connectivity index (χ4v) is 5.29. The van der Waals surface area contributed by atoms with Gasteiger partial charge in [0.25, 0.3) is 0 Å². The van der Waals surface area contributed by atoms with Crippen molar-refractivity contribution in [1.82, 2.24) is 0 Å². The number of nitrogens with two attached hydrogens (primary N) is 2. The second-order valence-electron chi connectivity index (χ2n) is 10.5. The molecule has 0 radical (unpaired) electrons. The molecule has 0 fully saturated rings. The number of benzene rings is 6. The van der Waals surface area contributed by atoms with Crippen LogP contribution in [0.1, 0.15) is 17.0 Å². The largest absolute Gasteiger partial charge is 0.457 e. The third-order valence-electron chi connectivity index (χ3n) is 7.43. The van der Waals surface area contributed by atoms with Crippen LogP contribution in [-0.2, 0) is 0 Å². The van der Waals surface area contributed by atoms with Crippen molar-refractivity contribution >= 4 is 11.4 Å². The van der Waals surface area contributed by atoms with Crippen LogP contribution >= 0.6 is 0 Å². The van der Waals surface area contributed by atoms with Gasteiger partial charge in [-0.25, -0.2) is 0 Å². The predicted molar refractivity (Wildman–Crippen MR) is 174 cm³/mol. The minimum atomic E-state index is -4.57. The second-order valence-corrected chi connectivity index (χ2v) is 10.5. The number of halogens is 3. The number of hydrogen-bond donors (Lipinski definition) is 2. The van der Waals surface area contributed by atoms with E-state index >= 15 is 13.2 Å². The molecule has 0 aliphatic rings. The SMILES string of the molecule is Nc1ccc(Oc2ccc(-c3ccccc3C(c3ccccc3-c3ccc(Oc4ccc(N)cc4)cc3)C(F)(F)F)cc2)cc1. The molecule has 0 spiro atoms. The highest BCUT2D eigenvalue weighted by Crippen LogP contribution is 2.47. The van der Waals surface area contributed by atoms with E-state index in [-0.39, 0.29) is 11.1 Å². The first kappa shape index (κ1) is 29.4. The van der Waals surface area contributed by atoms with Crippen molar-refractivity contribution in [3.63, 3.8) is 0 Å². The van der Waals surface area contributed by atoms with Crippen LogP contribution in [0, 0.1) is 0 Å². The number of hydrogen-bond acceptors (Lipinski definition) is 4. The van der Waals surface area contributed by atoms with Crippen LogP contribution in [0.4, 0.5) is 24.5 Å². The Balaban J connectivity index is 1.33. The summed E-state index contributed by atoms with van der Waals surface area (Å²) < 4.78 is 57.1. The van der Waals surface area contributed by atoms with Crippen LogP contribution in [-0.4, -0.2) is 6.18 Å². The summed E-state index contributed by atoms with van der Waals surface area (Å²) >= 11 is 0. The van der Waals surface area contributed by atoms with E-state index in [9.17, 15) is 0 Å². The van der Waals surface area contributed by atoms with E-state index in [1.54, 1.807) is 146 Å². The van der Waals surface area contributed by atoms with E-state index in [0.29, 0.717) is 56.6 Å². The first-order valence-electron chi connectivity index (χ1n) is 14.3. The minimum absolute atomic E-state index is 0.160. The van der Waals surface area contributed by atoms with Gasteiger partial charge in [0.15, 0.2) is 0 Å². The summed E-state index contributed by atoms with van der Waals surface area (Å²) in [4.78, 5) is 0. The summed E-state index contributed by atoms with van der Waals surface area (Å²) in [7, 11) is 0. The molecule has 6 aromatic carbocycles. The molecule has 0 amide bonds. The lowest BCUT2D eigenvalue weighted by Gasteiger charge is -2.26. The molecular weight excluding hydrogens is 573 g/mol. The molecule has 7 heteroatoms. The number of rotatable bonds is 8. The van der Waals surface area contributed by atoms with Crippen LogP contribution in [0.25, 0.3) is 22.3 Å². The summed E-state index contributed by atoms with van der Waals surface area (Å²) in [5.41, 5.74) is 15.3. The standard InChI is InChI=1S/C38H29F3N2O2/c39-38(40,41)37(35-7-3-1-5-33(35)25-9-17-29(18-10-25)44-31-21-13-27(42)14-22-31)36-8-4-2-6-34(36)26-11-19-30(20-12-26)45-32-23-15-28(43)16-24-32/h1-24,37H,42-43H2. The Morgan fingerprint density at radius 2 is 0.733 bits per heavy atom. The first-order valence-corrected chi connectivity index (χ1v) is 14.3. The van der Waals surface area contributed by atoms with Crippen LogP contribution in [0.3, 0.4) is 0 Å². The first-order chi connectivity index (χ1) is 21.7. The zero-order valence-corrected chi connectivity index (χ0v) is 24.0. The van der Waals surface area contributed by atoms with Gasteiger partial charge in [0.05, 0.1) is 0 Å². The van der Waals surface area contributed by atoms with Gasteiger partial charge in [0, 0.05) is 11.4 Å². The van der Waals surface area contributed by atoms with Gasteiger partial charge in [0.2, 0.25) is 0 Å². The maximum atomic E-state index is 15.1. The number of nitrogen functional groups attached to an aromatic ring is 2. The molecule has 0 aliphatic heterocycles. The zero-order valence-electron chi connectivity index (χ0n) is 24.0. The van der Waals surface area contributed by atoms with Crippen LogP contribution in [0.15, 0.2) is 146 Å². The fraction of sp³-hybridized carbons (Fsp3) is 0.0526. The highest BCUT2D eigenvalue weighted by Gasteiger charge is 2.44. The van der Waals surface area contributed by atoms with Gasteiger partial charge in [-0.05, 0) is 106 Å². The maximum Gasteiger partial charge on any atom is 0.399 e. The van der Waals surface area contributed by atoms with Crippen molar-refractivity contribution < 1.29 is 22.6 Å². The van der Waals surface area contributed by atoms with Gasteiger partial charge in [-0.3, -0.25) is 0 Å². The molecule has 4 N–H and O–H groups in total. The summed E-state index contributed by atoms with van der Waals surface area (Å²) in [6.45, 7) is 0. The fourth-order valence-electron chi connectivity index (χ4n) is 5.29. The van der Waals surface area contributed by atoms with E-state index in [1.165, 1.54) is 0 Å². The molecule has 0 saturated heterocycles. The van der Waals surface area contributed by atoms with Crippen molar-refractivity contribution in [1.29, 1.82) is 0 Å². The average molecular weight is 603 g/mol. The topological polar surface area (TPSA) is 70.5 Å². The minimum Gasteiger partial charge on any atom is -0.457 e. The Bertz CT molecular complexity index is 1750. The maximum absolute atomic E-state index is 15.1. The lowest BCUT2D eigenvalue weighted by Crippen LogP contribution is -2.23. The molecule has 224 valence electrons. The van der Waals surface area contributed by atoms with Crippen molar-refractivity contribution in [2.45, 2.75) is 12.1 Å². The average Bonchev–Trinajstić information content (AvgIpc) is 3.04. The Morgan fingerprint density at radius 3 is 1.07 bits per heavy atom. The Kier molecular flexibility index (Phi) is 8.16. The highest BCUT2D eigenvalue weighted by molar-refractivity contribution is 5.74. The Labute approximate surface area is 259 Å². The van der Waals surface area contributed by atoms with Crippen molar-refractivity contribution in [2.75, 3.05) is 11.5 Å². The summed E-state index contributed by atoms with van der Waals surface area (Å²) in [6, 6.07) is 41.3. The summed E-state index contributed by atoms with van der Waals surface area (Å²) in [6.07, 6.45) is -4.57. The van der Waals surface area contributed by atoms with E-state index in [0.717, 1.165) is 0 Å². The van der Waals surface area contributed by atoms with E-state index in [1.807, 2.05) is 0 Å². The molecule has 0 heterocycles. The molecule has 45 heavy (non-hydrogen) atoms. The van der Waals surface area contributed by atoms with Crippen LogP contribution in [0.2, 0.25) is 0 Å². The Morgan fingerprint density at radius 1 is 0.422 bits per heavy atom. The lowest BCUT2D eigenvalue weighted by atomic mass is 9.82. The normalized spacial score (nSPS) is 11.4. The molecule has 0 unspecified atom stereocenters. The smallest absolute Gasteiger partial charge is 0.399 e. The molecule has 0 bridgehead atoms. The van der Waals surface area contributed by atoms with Gasteiger partial charge in [-0.15, -0.1) is 0 Å². The molecular formula is C38H29F3N2O2. The molecule has 4 nitrogen and oxygen atoms in total. The monoisotopic (exact) mass is 602 g/mol. The van der Waals surface area contributed by atoms with E-state index in [4.69, 9.17) is 20.9 Å². The van der Waals surface area contributed by atoms with E-state index in [2.05, 4.69) is 0 Å². The van der Waals surface area contributed by atoms with Crippen molar-refractivity contribution in [3.05, 3.63) is 157 Å². The number of anilines is 2. The molecule has 6 rings (SSSR count). The van der Waals surface area contributed by atoms with Gasteiger partial charge in [-0.2, -0.15) is 13.2 Å². The zero-order chi connectivity index (χ0) is 31.4. The quantitative estimate of drug-likeness (QED) is 0.170. The van der Waals surface area contributed by atoms with Gasteiger partial charge < -0.3 is 20.9 Å². The third kappa shape index (κ3) is 6.78. The van der Waals surface area contributed by atoms with Gasteiger partial charge in [-0.1, -0.05) is 72.8 Å². The van der Waals surface area contributed by atoms with Crippen LogP contribution in [0.5, 0.6) is 23.0 Å². The van der Waals surface area contributed by atoms with Gasteiger partial charge in [0.1, 0.15) is 28.9 Å². The molecule has 0 aromatic heterocycles. The van der Waals surface area contributed by atoms with Crippen LogP contribution < -0.4 is 20.9 Å². The molecule has 0 saturated carbocycles. The van der Waals surface area contributed by atoms with Crippen molar-refractivity contribution in [2.24, 2.45) is 0 Å². The third-order valence-corrected chi connectivity index (χ3v) is 7.43. The second kappa shape index (κ2) is 12.5. The molecule has 6 aromatic rings. The predicted octanol–water partition coefficient (Wildman–Crippen LogP) is 10.5. The summed E-state index contributed by atoms with van der Waals surface area (Å²) in [5, 5.41) is 0. The Hall–Kier alpha value is -5.69. The molecule has 0 aliphatic carbocycles. The highest BCUT2D eigenvalue weighted by atomic mass is 19.4. The molecule has 0 atom stereocenters.